The van der Waals surface area contributed by atoms with E-state index in [-0.39, 0.29) is 5.71 Å². The molecule has 0 unspecified atom stereocenters. The van der Waals surface area contributed by atoms with E-state index in [1.165, 1.54) is 0 Å². The van der Waals surface area contributed by atoms with E-state index in [1.807, 2.05) is 19.1 Å². The summed E-state index contributed by atoms with van der Waals surface area (Å²) in [6, 6.07) is 30.6. The quantitative estimate of drug-likeness (QED) is 0.277. The number of rotatable bonds is 6. The van der Waals surface area contributed by atoms with Crippen molar-refractivity contribution in [3.05, 3.63) is 136 Å². The van der Waals surface area contributed by atoms with Gasteiger partial charge < -0.3 is 0 Å². The molecule has 0 saturated heterocycles. The van der Waals surface area contributed by atoms with Crippen LogP contribution in [0.5, 0.6) is 0 Å². The molecule has 0 aromatic heterocycles. The first kappa shape index (κ1) is 25.3. The standard InChI is InChI=1S/C29H23ClN4O3/c1-20-12-14-23(15-13-20)28(36)33-34(25-10-6-3-7-11-25)29(37)26(21-8-4-2-5-9-21)31-32-27(35)22-16-18-24(30)19-17-22/h2-19H,1H3,(H,32,35)(H,33,36)/b31-26-. The van der Waals surface area contributed by atoms with E-state index >= 15 is 0 Å². The van der Waals surface area contributed by atoms with Crippen molar-refractivity contribution in [3.8, 4) is 0 Å². The third-order valence-electron chi connectivity index (χ3n) is 5.37. The van der Waals surface area contributed by atoms with Crippen molar-refractivity contribution in [2.24, 2.45) is 5.10 Å². The zero-order valence-electron chi connectivity index (χ0n) is 19.9. The Hall–Kier alpha value is -4.75. The molecule has 0 aliphatic carbocycles. The molecule has 7 nitrogen and oxygen atoms in total. The first-order valence-corrected chi connectivity index (χ1v) is 11.8. The number of hydrazone groups is 1. The lowest BCUT2D eigenvalue weighted by atomic mass is 10.1. The summed E-state index contributed by atoms with van der Waals surface area (Å²) in [6.07, 6.45) is 0. The van der Waals surface area contributed by atoms with E-state index in [0.717, 1.165) is 10.6 Å². The van der Waals surface area contributed by atoms with Crippen molar-refractivity contribution in [2.75, 3.05) is 5.01 Å². The molecule has 4 aromatic rings. The average Bonchev–Trinajstić information content (AvgIpc) is 2.93. The van der Waals surface area contributed by atoms with Crippen molar-refractivity contribution in [1.29, 1.82) is 0 Å². The second-order valence-corrected chi connectivity index (χ2v) is 8.49. The highest BCUT2D eigenvalue weighted by Gasteiger charge is 2.26. The molecule has 0 fully saturated rings. The number of anilines is 1. The summed E-state index contributed by atoms with van der Waals surface area (Å²) >= 11 is 5.91. The van der Waals surface area contributed by atoms with Crippen LogP contribution in [0.3, 0.4) is 0 Å². The smallest absolute Gasteiger partial charge is 0.267 e. The molecule has 0 spiro atoms. The van der Waals surface area contributed by atoms with Crippen molar-refractivity contribution in [2.45, 2.75) is 6.92 Å². The highest BCUT2D eigenvalue weighted by Crippen LogP contribution is 2.16. The van der Waals surface area contributed by atoms with Crippen molar-refractivity contribution < 1.29 is 14.4 Å². The number of halogens is 1. The lowest BCUT2D eigenvalue weighted by Crippen LogP contribution is -2.50. The maximum atomic E-state index is 13.9. The molecule has 4 aromatic carbocycles. The molecule has 2 N–H and O–H groups in total. The monoisotopic (exact) mass is 510 g/mol. The summed E-state index contributed by atoms with van der Waals surface area (Å²) in [7, 11) is 0. The topological polar surface area (TPSA) is 90.9 Å². The molecule has 0 atom stereocenters. The summed E-state index contributed by atoms with van der Waals surface area (Å²) in [5, 5.41) is 5.77. The Morgan fingerprint density at radius 3 is 1.84 bits per heavy atom. The molecular formula is C29H23ClN4O3. The zero-order valence-corrected chi connectivity index (χ0v) is 20.6. The molecule has 8 heteroatoms. The van der Waals surface area contributed by atoms with Gasteiger partial charge in [0.1, 0.15) is 0 Å². The molecule has 4 rings (SSSR count). The first-order chi connectivity index (χ1) is 17.9. The number of carbonyl (C=O) groups excluding carboxylic acids is 3. The van der Waals surface area contributed by atoms with Gasteiger partial charge in [0.25, 0.3) is 17.7 Å². The van der Waals surface area contributed by atoms with Gasteiger partial charge in [0.15, 0.2) is 5.71 Å². The first-order valence-electron chi connectivity index (χ1n) is 11.4. The lowest BCUT2D eigenvalue weighted by Gasteiger charge is -2.24. The predicted molar refractivity (Wildman–Crippen MR) is 144 cm³/mol. The molecular weight excluding hydrogens is 488 g/mol. The fourth-order valence-electron chi connectivity index (χ4n) is 3.39. The van der Waals surface area contributed by atoms with Crippen LogP contribution < -0.4 is 15.9 Å². The minimum Gasteiger partial charge on any atom is -0.267 e. The average molecular weight is 511 g/mol. The number of benzene rings is 4. The Labute approximate surface area is 219 Å². The molecule has 0 aliphatic rings. The van der Waals surface area contributed by atoms with Crippen LogP contribution in [-0.2, 0) is 4.79 Å². The van der Waals surface area contributed by atoms with Gasteiger partial charge in [0, 0.05) is 21.7 Å². The number of amides is 3. The number of aryl methyl sites for hydroxylation is 1. The maximum Gasteiger partial charge on any atom is 0.298 e. The predicted octanol–water partition coefficient (Wildman–Crippen LogP) is 5.16. The zero-order chi connectivity index (χ0) is 26.2. The van der Waals surface area contributed by atoms with Crippen molar-refractivity contribution in [3.63, 3.8) is 0 Å². The van der Waals surface area contributed by atoms with Crippen LogP contribution in [0.2, 0.25) is 5.02 Å². The van der Waals surface area contributed by atoms with Gasteiger partial charge in [0.05, 0.1) is 5.69 Å². The van der Waals surface area contributed by atoms with Gasteiger partial charge in [-0.15, -0.1) is 0 Å². The minimum absolute atomic E-state index is 0.0732. The highest BCUT2D eigenvalue weighted by molar-refractivity contribution is 6.49. The molecule has 0 aliphatic heterocycles. The van der Waals surface area contributed by atoms with E-state index in [1.54, 1.807) is 97.1 Å². The molecule has 184 valence electrons. The van der Waals surface area contributed by atoms with Gasteiger partial charge in [-0.2, -0.15) is 5.10 Å². The molecule has 0 bridgehead atoms. The van der Waals surface area contributed by atoms with E-state index in [9.17, 15) is 14.4 Å². The number of para-hydroxylation sites is 1. The molecule has 37 heavy (non-hydrogen) atoms. The van der Waals surface area contributed by atoms with Gasteiger partial charge in [-0.3, -0.25) is 19.8 Å². The van der Waals surface area contributed by atoms with Crippen molar-refractivity contribution >= 4 is 40.7 Å². The van der Waals surface area contributed by atoms with Gasteiger partial charge in [-0.05, 0) is 55.5 Å². The third-order valence-corrected chi connectivity index (χ3v) is 5.62. The van der Waals surface area contributed by atoms with Crippen LogP contribution in [0.1, 0.15) is 31.8 Å². The molecule has 0 saturated carbocycles. The second kappa shape index (κ2) is 11.8. The van der Waals surface area contributed by atoms with Gasteiger partial charge in [-0.1, -0.05) is 77.8 Å². The van der Waals surface area contributed by atoms with Crippen LogP contribution in [0.15, 0.2) is 114 Å². The number of carbonyl (C=O) groups is 3. The SMILES string of the molecule is Cc1ccc(C(=O)NN(C(=O)/C(=N\NC(=O)c2ccc(Cl)cc2)c2ccccc2)c2ccccc2)cc1. The number of hydrogen-bond donors (Lipinski definition) is 2. The number of hydrogen-bond acceptors (Lipinski definition) is 4. The van der Waals surface area contributed by atoms with Crippen LogP contribution in [0.25, 0.3) is 0 Å². The molecule has 3 amide bonds. The van der Waals surface area contributed by atoms with Gasteiger partial charge in [-0.25, -0.2) is 10.4 Å². The highest BCUT2D eigenvalue weighted by atomic mass is 35.5. The summed E-state index contributed by atoms with van der Waals surface area (Å²) in [5.41, 5.74) is 7.62. The summed E-state index contributed by atoms with van der Waals surface area (Å²) in [6.45, 7) is 1.92. The van der Waals surface area contributed by atoms with Gasteiger partial charge >= 0.3 is 0 Å². The van der Waals surface area contributed by atoms with E-state index < -0.39 is 17.7 Å². The molecule has 0 radical (unpaired) electrons. The normalized spacial score (nSPS) is 10.9. The maximum absolute atomic E-state index is 13.9. The van der Waals surface area contributed by atoms with Crippen LogP contribution in [0, 0.1) is 6.92 Å². The fourth-order valence-corrected chi connectivity index (χ4v) is 3.52. The number of hydrazine groups is 1. The number of nitrogens with one attached hydrogen (secondary N) is 2. The molecule has 0 heterocycles. The summed E-state index contributed by atoms with van der Waals surface area (Å²) in [5.74, 6) is -1.64. The largest absolute Gasteiger partial charge is 0.298 e. The Balaban J connectivity index is 1.69. The van der Waals surface area contributed by atoms with E-state index in [4.69, 9.17) is 11.6 Å². The Kier molecular flexibility index (Phi) is 8.08. The van der Waals surface area contributed by atoms with Crippen molar-refractivity contribution in [1.82, 2.24) is 10.9 Å². The van der Waals surface area contributed by atoms with E-state index in [2.05, 4.69) is 16.0 Å². The van der Waals surface area contributed by atoms with Crippen LogP contribution in [0.4, 0.5) is 5.69 Å². The lowest BCUT2D eigenvalue weighted by molar-refractivity contribution is -0.113. The second-order valence-electron chi connectivity index (χ2n) is 8.06. The summed E-state index contributed by atoms with van der Waals surface area (Å²) in [4.78, 5) is 39.6. The summed E-state index contributed by atoms with van der Waals surface area (Å²) < 4.78 is 0. The van der Waals surface area contributed by atoms with Crippen LogP contribution >= 0.6 is 11.6 Å². The number of nitrogens with zero attached hydrogens (tertiary/aromatic N) is 2. The Bertz CT molecular complexity index is 1420. The van der Waals surface area contributed by atoms with E-state index in [0.29, 0.717) is 27.4 Å². The minimum atomic E-state index is -0.644. The Morgan fingerprint density at radius 2 is 1.22 bits per heavy atom. The Morgan fingerprint density at radius 1 is 0.676 bits per heavy atom. The third kappa shape index (κ3) is 6.48. The fraction of sp³-hybridized carbons (Fsp3) is 0.0345. The van der Waals surface area contributed by atoms with Crippen LogP contribution in [-0.4, -0.2) is 23.4 Å². The van der Waals surface area contributed by atoms with Gasteiger partial charge in [0.2, 0.25) is 0 Å².